The Kier molecular flexibility index (Phi) is 7.22. The smallest absolute Gasteiger partial charge is 0.256 e. The van der Waals surface area contributed by atoms with E-state index in [4.69, 9.17) is 11.6 Å². The molecule has 39 heavy (non-hydrogen) atoms. The highest BCUT2D eigenvalue weighted by atomic mass is 35.5. The number of carbonyl (C=O) groups is 1. The Morgan fingerprint density at radius 1 is 0.923 bits per heavy atom. The van der Waals surface area contributed by atoms with Crippen LogP contribution in [0.25, 0.3) is 21.9 Å². The zero-order valence-electron chi connectivity index (χ0n) is 22.1. The van der Waals surface area contributed by atoms with Crippen molar-refractivity contribution in [2.75, 3.05) is 33.2 Å². The highest BCUT2D eigenvalue weighted by molar-refractivity contribution is 6.30. The van der Waals surface area contributed by atoms with Crippen LogP contribution >= 0.6 is 11.6 Å². The normalized spacial score (nSPS) is 14.3. The van der Waals surface area contributed by atoms with E-state index in [1.165, 1.54) is 10.9 Å². The van der Waals surface area contributed by atoms with E-state index in [1.54, 1.807) is 0 Å². The summed E-state index contributed by atoms with van der Waals surface area (Å²) < 4.78 is 4.31. The van der Waals surface area contributed by atoms with Gasteiger partial charge in [-0.05, 0) is 47.5 Å². The number of carbonyl (C=O) groups excluding carboxylic acids is 1. The van der Waals surface area contributed by atoms with Crippen LogP contribution in [0.15, 0.2) is 91.6 Å². The average molecular weight is 538 g/mol. The van der Waals surface area contributed by atoms with E-state index in [-0.39, 0.29) is 5.91 Å². The fourth-order valence-corrected chi connectivity index (χ4v) is 5.65. The van der Waals surface area contributed by atoms with Crippen molar-refractivity contribution in [1.82, 2.24) is 23.9 Å². The van der Waals surface area contributed by atoms with Gasteiger partial charge in [0.05, 0.1) is 24.1 Å². The first-order valence-electron chi connectivity index (χ1n) is 13.4. The van der Waals surface area contributed by atoms with Crippen molar-refractivity contribution in [2.24, 2.45) is 0 Å². The molecule has 5 aromatic rings. The summed E-state index contributed by atoms with van der Waals surface area (Å²) in [6.07, 6.45) is 8.80. The number of fused-ring (bicyclic) bond motifs is 1. The Morgan fingerprint density at radius 3 is 2.56 bits per heavy atom. The van der Waals surface area contributed by atoms with Crippen molar-refractivity contribution < 1.29 is 4.79 Å². The van der Waals surface area contributed by atoms with E-state index in [9.17, 15) is 4.79 Å². The van der Waals surface area contributed by atoms with Gasteiger partial charge in [0, 0.05) is 61.9 Å². The number of aromatic nitrogens is 3. The molecule has 3 heterocycles. The van der Waals surface area contributed by atoms with Gasteiger partial charge >= 0.3 is 0 Å². The Balaban J connectivity index is 1.32. The summed E-state index contributed by atoms with van der Waals surface area (Å²) in [5.41, 5.74) is 5.09. The molecule has 6 nitrogen and oxygen atoms in total. The van der Waals surface area contributed by atoms with Crippen LogP contribution < -0.4 is 0 Å². The third-order valence-electron chi connectivity index (χ3n) is 7.65. The highest BCUT2D eigenvalue weighted by Gasteiger charge is 2.25. The van der Waals surface area contributed by atoms with Crippen LogP contribution in [0, 0.1) is 0 Å². The lowest BCUT2D eigenvalue weighted by Crippen LogP contribution is -2.47. The van der Waals surface area contributed by atoms with Gasteiger partial charge in [0.1, 0.15) is 0 Å². The molecule has 0 saturated carbocycles. The number of rotatable bonds is 7. The van der Waals surface area contributed by atoms with Gasteiger partial charge in [0.25, 0.3) is 5.91 Å². The van der Waals surface area contributed by atoms with E-state index < -0.39 is 0 Å². The van der Waals surface area contributed by atoms with Crippen molar-refractivity contribution in [2.45, 2.75) is 19.5 Å². The summed E-state index contributed by atoms with van der Waals surface area (Å²) in [7, 11) is 2.11. The zero-order valence-corrected chi connectivity index (χ0v) is 22.9. The number of amides is 1. The number of hydrogen-bond acceptors (Lipinski definition) is 3. The van der Waals surface area contributed by atoms with Crippen molar-refractivity contribution in [1.29, 1.82) is 0 Å². The predicted molar refractivity (Wildman–Crippen MR) is 157 cm³/mol. The number of aryl methyl sites for hydroxylation is 2. The minimum atomic E-state index is 0.0965. The van der Waals surface area contributed by atoms with E-state index in [1.807, 2.05) is 41.8 Å². The van der Waals surface area contributed by atoms with Crippen LogP contribution in [0.3, 0.4) is 0 Å². The zero-order chi connectivity index (χ0) is 26.8. The van der Waals surface area contributed by atoms with Crippen molar-refractivity contribution in [3.8, 4) is 11.1 Å². The van der Waals surface area contributed by atoms with Crippen LogP contribution in [0.2, 0.25) is 5.02 Å². The molecular weight excluding hydrogens is 506 g/mol. The average Bonchev–Trinajstić information content (AvgIpc) is 3.58. The Morgan fingerprint density at radius 2 is 1.72 bits per heavy atom. The fourth-order valence-electron chi connectivity index (χ4n) is 5.43. The molecule has 0 atom stereocenters. The molecule has 1 amide bonds. The standard InChI is InChI=1S/C32H32ClN5O/c1-35-14-16-37(17-15-35)32(39)31-22-36(21-30(31)29-11-5-8-25-7-2-3-10-28(25)29)20-27-19-34-23-38(27)13-12-24-6-4-9-26(33)18-24/h2-11,18-19,21-23H,12-17,20H2,1H3. The molecule has 2 aromatic heterocycles. The minimum Gasteiger partial charge on any atom is -0.347 e. The summed E-state index contributed by atoms with van der Waals surface area (Å²) in [6.45, 7) is 4.70. The molecule has 0 unspecified atom stereocenters. The molecule has 0 bridgehead atoms. The third kappa shape index (κ3) is 5.49. The predicted octanol–water partition coefficient (Wildman–Crippen LogP) is 5.84. The second-order valence-corrected chi connectivity index (χ2v) is 10.8. The largest absolute Gasteiger partial charge is 0.347 e. The topological polar surface area (TPSA) is 46.3 Å². The second-order valence-electron chi connectivity index (χ2n) is 10.3. The van der Waals surface area contributed by atoms with Crippen LogP contribution in [0.5, 0.6) is 0 Å². The molecule has 1 fully saturated rings. The van der Waals surface area contributed by atoms with Gasteiger partial charge in [-0.25, -0.2) is 4.98 Å². The van der Waals surface area contributed by atoms with Gasteiger partial charge in [0.2, 0.25) is 0 Å². The molecule has 0 aliphatic carbocycles. The molecular formula is C32H32ClN5O. The minimum absolute atomic E-state index is 0.0965. The van der Waals surface area contributed by atoms with Crippen molar-refractivity contribution in [3.05, 3.63) is 113 Å². The highest BCUT2D eigenvalue weighted by Crippen LogP contribution is 2.33. The first-order chi connectivity index (χ1) is 19.0. The molecule has 0 N–H and O–H groups in total. The molecule has 1 aliphatic heterocycles. The van der Waals surface area contributed by atoms with Gasteiger partial charge in [-0.3, -0.25) is 4.79 Å². The Labute approximate surface area is 234 Å². The number of imidazole rings is 1. The molecule has 3 aromatic carbocycles. The lowest BCUT2D eigenvalue weighted by atomic mass is 9.97. The Bertz CT molecular complexity index is 1610. The Hall–Kier alpha value is -3.87. The first-order valence-corrected chi connectivity index (χ1v) is 13.8. The van der Waals surface area contributed by atoms with Crippen molar-refractivity contribution in [3.63, 3.8) is 0 Å². The van der Waals surface area contributed by atoms with E-state index >= 15 is 0 Å². The van der Waals surface area contributed by atoms with Crippen LogP contribution in [-0.2, 0) is 19.5 Å². The van der Waals surface area contributed by atoms with Gasteiger partial charge in [-0.15, -0.1) is 0 Å². The van der Waals surface area contributed by atoms with Crippen LogP contribution in [0.1, 0.15) is 21.6 Å². The number of likely N-dealkylation sites (N-methyl/N-ethyl adjacent to an activating group) is 1. The van der Waals surface area contributed by atoms with E-state index in [2.05, 4.69) is 80.8 Å². The third-order valence-corrected chi connectivity index (χ3v) is 7.89. The lowest BCUT2D eigenvalue weighted by Gasteiger charge is -2.32. The van der Waals surface area contributed by atoms with E-state index in [0.29, 0.717) is 6.54 Å². The van der Waals surface area contributed by atoms with Gasteiger partial charge < -0.3 is 18.9 Å². The number of hydrogen-bond donors (Lipinski definition) is 0. The molecule has 0 spiro atoms. The second kappa shape index (κ2) is 11.1. The molecule has 6 rings (SSSR count). The maximum Gasteiger partial charge on any atom is 0.256 e. The molecule has 1 aliphatic rings. The number of nitrogens with zero attached hydrogens (tertiary/aromatic N) is 5. The quantitative estimate of drug-likeness (QED) is 0.262. The summed E-state index contributed by atoms with van der Waals surface area (Å²) in [4.78, 5) is 22.6. The summed E-state index contributed by atoms with van der Waals surface area (Å²) >= 11 is 6.18. The van der Waals surface area contributed by atoms with Gasteiger partial charge in [-0.2, -0.15) is 0 Å². The lowest BCUT2D eigenvalue weighted by molar-refractivity contribution is 0.0665. The summed E-state index contributed by atoms with van der Waals surface area (Å²) in [5, 5.41) is 3.07. The number of halogens is 1. The maximum atomic E-state index is 13.9. The molecule has 0 radical (unpaired) electrons. The maximum absolute atomic E-state index is 13.9. The SMILES string of the molecule is CN1CCN(C(=O)c2cn(Cc3cncn3CCc3cccc(Cl)c3)cc2-c2cccc3ccccc23)CC1. The van der Waals surface area contributed by atoms with Crippen LogP contribution in [0.4, 0.5) is 0 Å². The first kappa shape index (κ1) is 25.4. The van der Waals surface area contributed by atoms with Crippen LogP contribution in [-0.4, -0.2) is 63.1 Å². The number of benzene rings is 3. The monoisotopic (exact) mass is 537 g/mol. The molecule has 198 valence electrons. The summed E-state index contributed by atoms with van der Waals surface area (Å²) in [5.74, 6) is 0.0965. The molecule has 7 heteroatoms. The summed E-state index contributed by atoms with van der Waals surface area (Å²) in [6, 6.07) is 22.7. The fraction of sp³-hybridized carbons (Fsp3) is 0.250. The number of piperazine rings is 1. The van der Waals surface area contributed by atoms with Gasteiger partial charge in [-0.1, -0.05) is 66.2 Å². The molecule has 1 saturated heterocycles. The van der Waals surface area contributed by atoms with Crippen molar-refractivity contribution >= 4 is 28.3 Å². The van der Waals surface area contributed by atoms with E-state index in [0.717, 1.165) is 71.9 Å². The van der Waals surface area contributed by atoms with Gasteiger partial charge in [0.15, 0.2) is 0 Å².